The molecule has 1 aromatic heterocycles. The minimum absolute atomic E-state index is 0.275. The number of furan rings is 1. The van der Waals surface area contributed by atoms with Crippen molar-refractivity contribution in [2.45, 2.75) is 19.3 Å². The predicted molar refractivity (Wildman–Crippen MR) is 174 cm³/mol. The van der Waals surface area contributed by atoms with Crippen LogP contribution in [-0.4, -0.2) is 0 Å². The van der Waals surface area contributed by atoms with Crippen LogP contribution in [0.2, 0.25) is 0 Å². The fourth-order valence-corrected chi connectivity index (χ4v) is 6.60. The van der Waals surface area contributed by atoms with Crippen LogP contribution in [0.25, 0.3) is 21.9 Å². The molecule has 44 heavy (non-hydrogen) atoms. The van der Waals surface area contributed by atoms with Crippen molar-refractivity contribution in [1.29, 1.82) is 0 Å². The summed E-state index contributed by atoms with van der Waals surface area (Å²) >= 11 is 0. The van der Waals surface area contributed by atoms with Crippen molar-refractivity contribution in [3.63, 3.8) is 0 Å². The number of hydrogen-bond acceptors (Lipinski definition) is 5. The van der Waals surface area contributed by atoms with Gasteiger partial charge in [0.25, 0.3) is 0 Å². The summed E-state index contributed by atoms with van der Waals surface area (Å²) in [6.07, 6.45) is 0. The van der Waals surface area contributed by atoms with Gasteiger partial charge in [-0.1, -0.05) is 80.6 Å². The smallest absolute Gasteiger partial charge is 0.194 e. The highest BCUT2D eigenvalue weighted by molar-refractivity contribution is 6.06. The van der Waals surface area contributed by atoms with Crippen molar-refractivity contribution in [2.24, 2.45) is 0 Å². The molecular formula is C39H27NO4. The predicted octanol–water partition coefficient (Wildman–Crippen LogP) is 11.4. The van der Waals surface area contributed by atoms with E-state index in [9.17, 15) is 0 Å². The van der Waals surface area contributed by atoms with Crippen molar-refractivity contribution >= 4 is 39.0 Å². The van der Waals surface area contributed by atoms with E-state index in [4.69, 9.17) is 18.6 Å². The Balaban J connectivity index is 1.30. The van der Waals surface area contributed by atoms with Gasteiger partial charge in [-0.15, -0.1) is 0 Å². The second-order valence-corrected chi connectivity index (χ2v) is 11.7. The second kappa shape index (κ2) is 9.16. The van der Waals surface area contributed by atoms with E-state index in [-0.39, 0.29) is 5.41 Å². The first-order valence-electron chi connectivity index (χ1n) is 14.8. The maximum Gasteiger partial charge on any atom is 0.194 e. The summed E-state index contributed by atoms with van der Waals surface area (Å²) in [5, 5.41) is 2.15. The average molecular weight is 574 g/mol. The molecule has 3 heterocycles. The molecule has 0 radical (unpaired) electrons. The van der Waals surface area contributed by atoms with Gasteiger partial charge in [0.15, 0.2) is 28.7 Å². The highest BCUT2D eigenvalue weighted by atomic mass is 16.6. The van der Waals surface area contributed by atoms with Gasteiger partial charge < -0.3 is 23.5 Å². The Bertz CT molecular complexity index is 2260. The van der Waals surface area contributed by atoms with Gasteiger partial charge in [0.05, 0.1) is 17.1 Å². The second-order valence-electron chi connectivity index (χ2n) is 11.7. The van der Waals surface area contributed by atoms with Crippen molar-refractivity contribution < 1.29 is 18.6 Å². The van der Waals surface area contributed by atoms with Crippen LogP contribution >= 0.6 is 0 Å². The normalized spacial score (nSPS) is 14.0. The molecule has 0 amide bonds. The number of para-hydroxylation sites is 6. The van der Waals surface area contributed by atoms with E-state index in [2.05, 4.69) is 79.4 Å². The van der Waals surface area contributed by atoms with Crippen LogP contribution in [0.4, 0.5) is 17.1 Å². The number of benzene rings is 6. The first-order chi connectivity index (χ1) is 21.6. The Kier molecular flexibility index (Phi) is 5.18. The highest BCUT2D eigenvalue weighted by Gasteiger charge is 2.37. The minimum atomic E-state index is -0.275. The van der Waals surface area contributed by atoms with E-state index in [1.54, 1.807) is 0 Å². The fraction of sp³-hybridized carbons (Fsp3) is 0.0769. The van der Waals surface area contributed by atoms with E-state index in [0.29, 0.717) is 23.0 Å². The molecule has 5 nitrogen and oxygen atoms in total. The molecule has 0 saturated heterocycles. The first-order valence-corrected chi connectivity index (χ1v) is 14.8. The summed E-state index contributed by atoms with van der Waals surface area (Å²) in [5.41, 5.74) is 6.26. The SMILES string of the molecule is CC1(C)c2ccccc2Oc2c(N(c3ccc4c(c3)oc3ccccc34)c3cccc4c3Oc3ccccc3O4)cccc21. The zero-order chi connectivity index (χ0) is 29.4. The monoisotopic (exact) mass is 573 g/mol. The van der Waals surface area contributed by atoms with Gasteiger partial charge in [-0.05, 0) is 54.6 Å². The summed E-state index contributed by atoms with van der Waals surface area (Å²) in [4.78, 5) is 2.19. The van der Waals surface area contributed by atoms with E-state index in [1.807, 2.05) is 66.7 Å². The third-order valence-electron chi connectivity index (χ3n) is 8.78. The third kappa shape index (κ3) is 3.59. The Morgan fingerprint density at radius 2 is 1.09 bits per heavy atom. The van der Waals surface area contributed by atoms with Gasteiger partial charge in [-0.25, -0.2) is 0 Å². The summed E-state index contributed by atoms with van der Waals surface area (Å²) in [7, 11) is 0. The molecule has 7 aromatic rings. The largest absolute Gasteiger partial charge is 0.456 e. The average Bonchev–Trinajstić information content (AvgIpc) is 3.42. The summed E-state index contributed by atoms with van der Waals surface area (Å²) in [5.74, 6) is 4.29. The maximum absolute atomic E-state index is 6.77. The number of ether oxygens (including phenoxy) is 3. The fourth-order valence-electron chi connectivity index (χ4n) is 6.60. The van der Waals surface area contributed by atoms with E-state index < -0.39 is 0 Å². The van der Waals surface area contributed by atoms with Gasteiger partial charge in [0.2, 0.25) is 0 Å². The van der Waals surface area contributed by atoms with E-state index in [1.165, 1.54) is 0 Å². The molecule has 0 atom stereocenters. The number of nitrogens with zero attached hydrogens (tertiary/aromatic N) is 1. The standard InChI is InChI=1S/C39H27NO4/c1-39(2)27-12-4-6-17-32(27)43-37-28(39)13-9-14-29(37)40(24-21-22-26-25-11-3-5-16-31(25)41-36(26)23-24)30-15-10-20-35-38(30)44-34-19-8-7-18-33(34)42-35/h3-23H,1-2H3. The van der Waals surface area contributed by atoms with E-state index >= 15 is 0 Å². The van der Waals surface area contributed by atoms with Crippen LogP contribution in [0, 0.1) is 0 Å². The van der Waals surface area contributed by atoms with Gasteiger partial charge >= 0.3 is 0 Å². The first kappa shape index (κ1) is 24.9. The van der Waals surface area contributed by atoms with Crippen LogP contribution in [0.1, 0.15) is 25.0 Å². The minimum Gasteiger partial charge on any atom is -0.456 e. The van der Waals surface area contributed by atoms with Crippen molar-refractivity contribution in [1.82, 2.24) is 0 Å². The lowest BCUT2D eigenvalue weighted by atomic mass is 9.75. The number of fused-ring (bicyclic) bond motifs is 7. The molecule has 0 bridgehead atoms. The lowest BCUT2D eigenvalue weighted by Crippen LogP contribution is -2.25. The molecule has 0 saturated carbocycles. The molecule has 6 aromatic carbocycles. The summed E-state index contributed by atoms with van der Waals surface area (Å²) in [6.45, 7) is 4.50. The van der Waals surface area contributed by atoms with Gasteiger partial charge in [0.1, 0.15) is 16.9 Å². The van der Waals surface area contributed by atoms with Crippen molar-refractivity contribution in [2.75, 3.05) is 4.90 Å². The van der Waals surface area contributed by atoms with Crippen LogP contribution in [0.15, 0.2) is 132 Å². The summed E-state index contributed by atoms with van der Waals surface area (Å²) in [6, 6.07) is 42.8. The molecular weight excluding hydrogens is 546 g/mol. The molecule has 0 aliphatic carbocycles. The highest BCUT2D eigenvalue weighted by Crippen LogP contribution is 2.57. The number of anilines is 3. The van der Waals surface area contributed by atoms with Gasteiger partial charge in [0, 0.05) is 33.4 Å². The van der Waals surface area contributed by atoms with E-state index in [0.717, 1.165) is 61.6 Å². The molecule has 2 aliphatic rings. The molecule has 0 unspecified atom stereocenters. The number of hydrogen-bond donors (Lipinski definition) is 0. The Labute approximate surface area is 254 Å². The van der Waals surface area contributed by atoms with Crippen LogP contribution in [0.5, 0.6) is 34.5 Å². The molecule has 5 heteroatoms. The Hall–Kier alpha value is -5.68. The Morgan fingerprint density at radius 1 is 0.477 bits per heavy atom. The van der Waals surface area contributed by atoms with Gasteiger partial charge in [-0.2, -0.15) is 0 Å². The van der Waals surface area contributed by atoms with Crippen molar-refractivity contribution in [3.05, 3.63) is 139 Å². The zero-order valence-corrected chi connectivity index (χ0v) is 24.2. The summed E-state index contributed by atoms with van der Waals surface area (Å²) < 4.78 is 26.0. The lowest BCUT2D eigenvalue weighted by Gasteiger charge is -2.38. The van der Waals surface area contributed by atoms with Gasteiger partial charge in [-0.3, -0.25) is 0 Å². The zero-order valence-electron chi connectivity index (χ0n) is 24.2. The molecule has 0 fully saturated rings. The van der Waals surface area contributed by atoms with Crippen LogP contribution in [-0.2, 0) is 5.41 Å². The molecule has 0 spiro atoms. The topological polar surface area (TPSA) is 44.1 Å². The molecule has 212 valence electrons. The van der Waals surface area contributed by atoms with Crippen LogP contribution in [0.3, 0.4) is 0 Å². The molecule has 9 rings (SSSR count). The quantitative estimate of drug-likeness (QED) is 0.210. The maximum atomic E-state index is 6.77. The van der Waals surface area contributed by atoms with Crippen LogP contribution < -0.4 is 19.1 Å². The molecule has 2 aliphatic heterocycles. The Morgan fingerprint density at radius 3 is 1.95 bits per heavy atom. The molecule has 0 N–H and O–H groups in total. The third-order valence-corrected chi connectivity index (χ3v) is 8.78. The van der Waals surface area contributed by atoms with Crippen molar-refractivity contribution in [3.8, 4) is 34.5 Å². The lowest BCUT2D eigenvalue weighted by molar-refractivity contribution is 0.360. The number of rotatable bonds is 3.